The molecule has 1 saturated carbocycles. The Morgan fingerprint density at radius 3 is 2.38 bits per heavy atom. The Hall–Kier alpha value is -1.44. The molecule has 3 rings (SSSR count). The molecule has 2 aliphatic rings. The van der Waals surface area contributed by atoms with Gasteiger partial charge in [-0.05, 0) is 71.6 Å². The summed E-state index contributed by atoms with van der Waals surface area (Å²) in [5, 5.41) is 0. The Labute approximate surface area is 175 Å². The van der Waals surface area contributed by atoms with Gasteiger partial charge < -0.3 is 15.5 Å². The van der Waals surface area contributed by atoms with E-state index in [1.54, 1.807) is 12.1 Å². The Morgan fingerprint density at radius 1 is 1.17 bits per heavy atom. The first-order valence-corrected chi connectivity index (χ1v) is 12.3. The normalized spacial score (nSPS) is 28.5. The lowest BCUT2D eigenvalue weighted by Gasteiger charge is -2.44. The monoisotopic (exact) mass is 421 g/mol. The SMILES string of the molecule is Cc1ccc(S(=O)(=O)C[C@@H]2C[C@H](N(C)C(C)C)CC[C@@H]2N2CC[C@H](N)C2=O)cc1. The number of sulfone groups is 1. The van der Waals surface area contributed by atoms with Crippen LogP contribution in [0.5, 0.6) is 0 Å². The number of nitrogens with two attached hydrogens (primary N) is 1. The molecule has 162 valence electrons. The fraction of sp³-hybridized carbons (Fsp3) is 0.682. The molecule has 1 amide bonds. The van der Waals surface area contributed by atoms with Crippen LogP contribution in [-0.2, 0) is 14.6 Å². The topological polar surface area (TPSA) is 83.7 Å². The van der Waals surface area contributed by atoms with Gasteiger partial charge in [-0.1, -0.05) is 17.7 Å². The lowest BCUT2D eigenvalue weighted by molar-refractivity contribution is -0.132. The summed E-state index contributed by atoms with van der Waals surface area (Å²) < 4.78 is 26.4. The zero-order chi connectivity index (χ0) is 21.3. The van der Waals surface area contributed by atoms with Gasteiger partial charge >= 0.3 is 0 Å². The second-order valence-corrected chi connectivity index (χ2v) is 11.1. The second-order valence-electron chi connectivity index (χ2n) is 9.07. The minimum absolute atomic E-state index is 0.0246. The van der Waals surface area contributed by atoms with Gasteiger partial charge in [-0.2, -0.15) is 0 Å². The van der Waals surface area contributed by atoms with Crippen molar-refractivity contribution < 1.29 is 13.2 Å². The molecule has 0 bridgehead atoms. The summed E-state index contributed by atoms with van der Waals surface area (Å²) in [5.74, 6) is -0.0405. The summed E-state index contributed by atoms with van der Waals surface area (Å²) in [4.78, 5) is 17.2. The lowest BCUT2D eigenvalue weighted by Crippen LogP contribution is -2.52. The highest BCUT2D eigenvalue weighted by atomic mass is 32.2. The fourth-order valence-corrected chi connectivity index (χ4v) is 6.45. The number of nitrogens with zero attached hydrogens (tertiary/aromatic N) is 2. The van der Waals surface area contributed by atoms with Crippen LogP contribution in [0.4, 0.5) is 0 Å². The molecule has 6 nitrogen and oxygen atoms in total. The van der Waals surface area contributed by atoms with Crippen molar-refractivity contribution in [2.75, 3.05) is 19.3 Å². The number of aryl methyl sites for hydroxylation is 1. The van der Waals surface area contributed by atoms with Gasteiger partial charge in [0, 0.05) is 24.7 Å². The zero-order valence-electron chi connectivity index (χ0n) is 18.0. The van der Waals surface area contributed by atoms with Gasteiger partial charge in [0.05, 0.1) is 16.7 Å². The first-order valence-electron chi connectivity index (χ1n) is 10.7. The summed E-state index contributed by atoms with van der Waals surface area (Å²) in [6.07, 6.45) is 3.24. The molecular formula is C22H35N3O3S. The van der Waals surface area contributed by atoms with Crippen LogP contribution in [0, 0.1) is 12.8 Å². The standard InChI is InChI=1S/C22H35N3O3S/c1-15(2)24(4)18-7-10-21(25-12-11-20(23)22(25)26)17(13-18)14-29(27,28)19-8-5-16(3)6-9-19/h5-6,8-9,15,17-18,20-21H,7,10-14,23H2,1-4H3/t17-,18+,20-,21-/m0/s1. The minimum Gasteiger partial charge on any atom is -0.338 e. The van der Waals surface area contributed by atoms with Gasteiger partial charge in [0.15, 0.2) is 9.84 Å². The van der Waals surface area contributed by atoms with E-state index in [0.717, 1.165) is 24.8 Å². The van der Waals surface area contributed by atoms with Crippen LogP contribution < -0.4 is 5.73 Å². The molecule has 1 heterocycles. The molecule has 0 unspecified atom stereocenters. The number of hydrogen-bond donors (Lipinski definition) is 1. The van der Waals surface area contributed by atoms with E-state index in [-0.39, 0.29) is 23.6 Å². The number of likely N-dealkylation sites (tertiary alicyclic amines) is 1. The van der Waals surface area contributed by atoms with Crippen LogP contribution in [0.25, 0.3) is 0 Å². The smallest absolute Gasteiger partial charge is 0.239 e. The minimum atomic E-state index is -3.43. The molecular weight excluding hydrogens is 386 g/mol. The van der Waals surface area contributed by atoms with Gasteiger partial charge in [0.25, 0.3) is 0 Å². The van der Waals surface area contributed by atoms with Crippen molar-refractivity contribution in [3.8, 4) is 0 Å². The van der Waals surface area contributed by atoms with E-state index < -0.39 is 15.9 Å². The molecule has 1 aromatic carbocycles. The van der Waals surface area contributed by atoms with Crippen LogP contribution in [0.15, 0.2) is 29.2 Å². The van der Waals surface area contributed by atoms with E-state index in [2.05, 4.69) is 25.8 Å². The molecule has 0 aromatic heterocycles. The van der Waals surface area contributed by atoms with Crippen LogP contribution in [0.3, 0.4) is 0 Å². The van der Waals surface area contributed by atoms with Crippen LogP contribution in [0.2, 0.25) is 0 Å². The third kappa shape index (κ3) is 4.84. The quantitative estimate of drug-likeness (QED) is 0.761. The number of carbonyl (C=O) groups excluding carboxylic acids is 1. The highest BCUT2D eigenvalue weighted by Crippen LogP contribution is 2.35. The van der Waals surface area contributed by atoms with Gasteiger partial charge in [0.1, 0.15) is 0 Å². The van der Waals surface area contributed by atoms with E-state index in [9.17, 15) is 13.2 Å². The van der Waals surface area contributed by atoms with Crippen molar-refractivity contribution in [2.45, 2.75) is 75.5 Å². The van der Waals surface area contributed by atoms with Crippen LogP contribution in [0.1, 0.15) is 45.1 Å². The van der Waals surface area contributed by atoms with Gasteiger partial charge in [0.2, 0.25) is 5.91 Å². The van der Waals surface area contributed by atoms with Crippen molar-refractivity contribution in [3.05, 3.63) is 29.8 Å². The average Bonchev–Trinajstić information content (AvgIpc) is 3.00. The Kier molecular flexibility index (Phi) is 6.70. The van der Waals surface area contributed by atoms with E-state index in [0.29, 0.717) is 29.9 Å². The third-order valence-corrected chi connectivity index (χ3v) is 8.66. The van der Waals surface area contributed by atoms with Crippen molar-refractivity contribution >= 4 is 15.7 Å². The predicted octanol–water partition coefficient (Wildman–Crippen LogP) is 2.21. The van der Waals surface area contributed by atoms with E-state index in [4.69, 9.17) is 5.73 Å². The number of amides is 1. The molecule has 7 heteroatoms. The van der Waals surface area contributed by atoms with E-state index >= 15 is 0 Å². The predicted molar refractivity (Wildman–Crippen MR) is 115 cm³/mol. The Morgan fingerprint density at radius 2 is 1.83 bits per heavy atom. The molecule has 4 atom stereocenters. The van der Waals surface area contributed by atoms with E-state index in [1.807, 2.05) is 24.0 Å². The highest BCUT2D eigenvalue weighted by molar-refractivity contribution is 7.91. The Bertz CT molecular complexity index is 822. The van der Waals surface area contributed by atoms with Crippen molar-refractivity contribution in [1.29, 1.82) is 0 Å². The lowest BCUT2D eigenvalue weighted by atomic mass is 9.81. The zero-order valence-corrected chi connectivity index (χ0v) is 18.9. The van der Waals surface area contributed by atoms with Crippen molar-refractivity contribution in [3.63, 3.8) is 0 Å². The van der Waals surface area contributed by atoms with Gasteiger partial charge in [-0.3, -0.25) is 4.79 Å². The molecule has 29 heavy (non-hydrogen) atoms. The second kappa shape index (κ2) is 8.74. The number of rotatable bonds is 6. The number of benzene rings is 1. The van der Waals surface area contributed by atoms with E-state index in [1.165, 1.54) is 0 Å². The molecule has 2 fully saturated rings. The van der Waals surface area contributed by atoms with Crippen molar-refractivity contribution in [1.82, 2.24) is 9.80 Å². The van der Waals surface area contributed by atoms with Crippen LogP contribution in [-0.4, -0.2) is 67.6 Å². The van der Waals surface area contributed by atoms with Crippen LogP contribution >= 0.6 is 0 Å². The highest BCUT2D eigenvalue weighted by Gasteiger charge is 2.43. The van der Waals surface area contributed by atoms with Gasteiger partial charge in [-0.15, -0.1) is 0 Å². The molecule has 2 N–H and O–H groups in total. The third-order valence-electron chi connectivity index (χ3n) is 6.80. The van der Waals surface area contributed by atoms with Crippen molar-refractivity contribution in [2.24, 2.45) is 11.7 Å². The summed E-state index contributed by atoms with van der Waals surface area (Å²) in [7, 11) is -1.32. The van der Waals surface area contributed by atoms with Gasteiger partial charge in [-0.25, -0.2) is 8.42 Å². The molecule has 1 aromatic rings. The maximum atomic E-state index is 13.2. The summed E-state index contributed by atoms with van der Waals surface area (Å²) in [6.45, 7) is 6.90. The fourth-order valence-electron chi connectivity index (χ4n) is 4.78. The summed E-state index contributed by atoms with van der Waals surface area (Å²) >= 11 is 0. The summed E-state index contributed by atoms with van der Waals surface area (Å²) in [6, 6.07) is 7.29. The first-order chi connectivity index (χ1) is 13.6. The number of carbonyl (C=O) groups is 1. The first kappa shape index (κ1) is 22.2. The molecule has 1 aliphatic carbocycles. The molecule has 0 radical (unpaired) electrons. The largest absolute Gasteiger partial charge is 0.338 e. The average molecular weight is 422 g/mol. The molecule has 0 spiro atoms. The maximum Gasteiger partial charge on any atom is 0.239 e. The molecule has 1 saturated heterocycles. The Balaban J connectivity index is 1.85. The maximum absolute atomic E-state index is 13.2. The summed E-state index contributed by atoms with van der Waals surface area (Å²) in [5.41, 5.74) is 6.99. The number of hydrogen-bond acceptors (Lipinski definition) is 5. The molecule has 1 aliphatic heterocycles.